The Balaban J connectivity index is 2.66. The highest BCUT2D eigenvalue weighted by Gasteiger charge is 2.40. The molecule has 0 saturated heterocycles. The third-order valence-electron chi connectivity index (χ3n) is 2.43. The van der Waals surface area contributed by atoms with Crippen LogP contribution >= 0.6 is 0 Å². The predicted octanol–water partition coefficient (Wildman–Crippen LogP) is 2.95. The number of hydrogen-bond donors (Lipinski definition) is 1. The van der Waals surface area contributed by atoms with Gasteiger partial charge in [0.05, 0.1) is 23.9 Å². The Morgan fingerprint density at radius 3 is 2.74 bits per heavy atom. The van der Waals surface area contributed by atoms with Crippen molar-refractivity contribution in [3.63, 3.8) is 0 Å². The summed E-state index contributed by atoms with van der Waals surface area (Å²) in [4.78, 5) is 19.9. The van der Waals surface area contributed by atoms with Crippen LogP contribution in [0, 0.1) is 0 Å². The van der Waals surface area contributed by atoms with Gasteiger partial charge in [-0.05, 0) is 18.2 Å². The monoisotopic (exact) mass is 270 g/mol. The van der Waals surface area contributed by atoms with E-state index in [0.29, 0.717) is 5.39 Å². The molecule has 0 unspecified atom stereocenters. The van der Waals surface area contributed by atoms with Crippen LogP contribution in [0.5, 0.6) is 0 Å². The van der Waals surface area contributed by atoms with E-state index in [0.717, 1.165) is 6.07 Å². The van der Waals surface area contributed by atoms with Crippen LogP contribution in [-0.4, -0.2) is 24.1 Å². The Morgan fingerprint density at radius 1 is 1.37 bits per heavy atom. The minimum absolute atomic E-state index is 0.00600. The van der Waals surface area contributed by atoms with Gasteiger partial charge in [0.1, 0.15) is 0 Å². The Morgan fingerprint density at radius 2 is 2.11 bits per heavy atom. The summed E-state index contributed by atoms with van der Waals surface area (Å²) in [6.07, 6.45) is -3.62. The standard InChI is InChI=1S/C12H9F3N2O2/c1-19-17-8-5-7-3-2-4-16-10(7)9(6-8)11(18)12(13,14)15/h2-6,17H,1H3. The highest BCUT2D eigenvalue weighted by molar-refractivity contribution is 6.10. The van der Waals surface area contributed by atoms with E-state index in [4.69, 9.17) is 0 Å². The van der Waals surface area contributed by atoms with E-state index in [1.54, 1.807) is 18.2 Å². The lowest BCUT2D eigenvalue weighted by molar-refractivity contribution is -0.0884. The van der Waals surface area contributed by atoms with Crippen LogP contribution in [0.3, 0.4) is 0 Å². The van der Waals surface area contributed by atoms with Crippen LogP contribution in [-0.2, 0) is 4.84 Å². The first-order valence-corrected chi connectivity index (χ1v) is 5.23. The topological polar surface area (TPSA) is 51.2 Å². The summed E-state index contributed by atoms with van der Waals surface area (Å²) in [6.45, 7) is 0. The molecule has 0 radical (unpaired) electrons. The third kappa shape index (κ3) is 2.65. The maximum atomic E-state index is 12.6. The molecule has 0 aliphatic rings. The molecule has 0 fully saturated rings. The molecule has 0 aliphatic heterocycles. The van der Waals surface area contributed by atoms with Gasteiger partial charge < -0.3 is 0 Å². The number of Topliss-reactive ketones (excluding diaryl/α,β-unsaturated/α-hetero) is 1. The Labute approximate surface area is 106 Å². The lowest BCUT2D eigenvalue weighted by atomic mass is 10.0. The fourth-order valence-corrected chi connectivity index (χ4v) is 1.69. The molecule has 1 aromatic heterocycles. The first-order valence-electron chi connectivity index (χ1n) is 5.23. The number of nitrogens with zero attached hydrogens (tertiary/aromatic N) is 1. The number of rotatable bonds is 3. The number of carbonyl (C=O) groups excluding carboxylic acids is 1. The molecule has 4 nitrogen and oxygen atoms in total. The van der Waals surface area contributed by atoms with Crippen LogP contribution in [0.4, 0.5) is 18.9 Å². The second-order valence-electron chi connectivity index (χ2n) is 3.73. The average Bonchev–Trinajstić information content (AvgIpc) is 2.36. The van der Waals surface area contributed by atoms with Crippen LogP contribution in [0.1, 0.15) is 10.4 Å². The molecule has 2 rings (SSSR count). The first-order chi connectivity index (χ1) is 8.93. The molecule has 2 aromatic rings. The number of halogens is 3. The van der Waals surface area contributed by atoms with Gasteiger partial charge in [-0.1, -0.05) is 6.07 Å². The van der Waals surface area contributed by atoms with Crippen molar-refractivity contribution < 1.29 is 22.8 Å². The fraction of sp³-hybridized carbons (Fsp3) is 0.167. The van der Waals surface area contributed by atoms with E-state index >= 15 is 0 Å². The molecule has 1 heterocycles. The van der Waals surface area contributed by atoms with E-state index in [1.165, 1.54) is 13.3 Å². The Kier molecular flexibility index (Phi) is 3.39. The molecule has 100 valence electrons. The zero-order valence-electron chi connectivity index (χ0n) is 9.78. The van der Waals surface area contributed by atoms with Crippen molar-refractivity contribution in [2.45, 2.75) is 6.18 Å². The molecule has 0 bridgehead atoms. The van der Waals surface area contributed by atoms with Crippen LogP contribution in [0.15, 0.2) is 30.5 Å². The summed E-state index contributed by atoms with van der Waals surface area (Å²) in [7, 11) is 1.32. The van der Waals surface area contributed by atoms with Crippen molar-refractivity contribution in [3.8, 4) is 0 Å². The van der Waals surface area contributed by atoms with Gasteiger partial charge in [-0.2, -0.15) is 13.2 Å². The average molecular weight is 270 g/mol. The van der Waals surface area contributed by atoms with Crippen molar-refractivity contribution in [1.82, 2.24) is 4.98 Å². The molecule has 0 aliphatic carbocycles. The summed E-state index contributed by atoms with van der Waals surface area (Å²) < 4.78 is 37.7. The molecule has 1 N–H and O–H groups in total. The second kappa shape index (κ2) is 4.85. The largest absolute Gasteiger partial charge is 0.454 e. The minimum Gasteiger partial charge on any atom is -0.284 e. The van der Waals surface area contributed by atoms with Gasteiger partial charge in [0, 0.05) is 11.6 Å². The SMILES string of the molecule is CONc1cc(C(=O)C(F)(F)F)c2ncccc2c1. The highest BCUT2D eigenvalue weighted by atomic mass is 19.4. The van der Waals surface area contributed by atoms with Gasteiger partial charge in [-0.3, -0.25) is 20.1 Å². The van der Waals surface area contributed by atoms with Gasteiger partial charge in [0.15, 0.2) is 0 Å². The van der Waals surface area contributed by atoms with Crippen molar-refractivity contribution in [1.29, 1.82) is 0 Å². The molecular formula is C12H9F3N2O2. The molecule has 1 aromatic carbocycles. The zero-order valence-corrected chi connectivity index (χ0v) is 9.78. The van der Waals surface area contributed by atoms with Crippen molar-refractivity contribution in [2.75, 3.05) is 12.6 Å². The normalized spacial score (nSPS) is 11.6. The number of pyridine rings is 1. The zero-order chi connectivity index (χ0) is 14.0. The summed E-state index contributed by atoms with van der Waals surface area (Å²) in [5.74, 6) is -1.93. The maximum Gasteiger partial charge on any atom is 0.454 e. The lowest BCUT2D eigenvalue weighted by Crippen LogP contribution is -2.23. The smallest absolute Gasteiger partial charge is 0.284 e. The predicted molar refractivity (Wildman–Crippen MR) is 62.8 cm³/mol. The minimum atomic E-state index is -4.95. The summed E-state index contributed by atoms with van der Waals surface area (Å²) in [5, 5.41) is 0.414. The van der Waals surface area contributed by atoms with Crippen LogP contribution in [0.2, 0.25) is 0 Å². The number of anilines is 1. The summed E-state index contributed by atoms with van der Waals surface area (Å²) in [6, 6.07) is 5.74. The van der Waals surface area contributed by atoms with E-state index in [2.05, 4.69) is 15.3 Å². The number of alkyl halides is 3. The molecular weight excluding hydrogens is 261 g/mol. The van der Waals surface area contributed by atoms with Crippen molar-refractivity contribution >= 4 is 22.4 Å². The maximum absolute atomic E-state index is 12.6. The number of benzene rings is 1. The molecule has 0 atom stereocenters. The third-order valence-corrected chi connectivity index (χ3v) is 2.43. The van der Waals surface area contributed by atoms with Gasteiger partial charge in [-0.25, -0.2) is 0 Å². The van der Waals surface area contributed by atoms with Crippen LogP contribution in [0.25, 0.3) is 10.9 Å². The van der Waals surface area contributed by atoms with Gasteiger partial charge >= 0.3 is 6.18 Å². The van der Waals surface area contributed by atoms with E-state index in [9.17, 15) is 18.0 Å². The quantitative estimate of drug-likeness (QED) is 0.688. The Bertz CT molecular complexity index is 626. The number of carbonyl (C=O) groups is 1. The van der Waals surface area contributed by atoms with E-state index in [-0.39, 0.29) is 11.2 Å². The second-order valence-corrected chi connectivity index (χ2v) is 3.73. The first kappa shape index (κ1) is 13.3. The highest BCUT2D eigenvalue weighted by Crippen LogP contribution is 2.28. The van der Waals surface area contributed by atoms with E-state index in [1.807, 2.05) is 0 Å². The van der Waals surface area contributed by atoms with Crippen molar-refractivity contribution in [2.24, 2.45) is 0 Å². The van der Waals surface area contributed by atoms with Crippen LogP contribution < -0.4 is 5.48 Å². The summed E-state index contributed by atoms with van der Waals surface area (Å²) in [5.41, 5.74) is 2.14. The number of nitrogens with one attached hydrogen (secondary N) is 1. The number of aromatic nitrogens is 1. The van der Waals surface area contributed by atoms with Crippen molar-refractivity contribution in [3.05, 3.63) is 36.0 Å². The van der Waals surface area contributed by atoms with Gasteiger partial charge in [0.25, 0.3) is 5.78 Å². The Hall–Kier alpha value is -2.15. The molecule has 0 amide bonds. The number of fused-ring (bicyclic) bond motifs is 1. The van der Waals surface area contributed by atoms with Gasteiger partial charge in [-0.15, -0.1) is 0 Å². The van der Waals surface area contributed by atoms with Gasteiger partial charge in [0.2, 0.25) is 0 Å². The molecule has 0 saturated carbocycles. The number of ketones is 1. The number of hydrogen-bond acceptors (Lipinski definition) is 4. The molecule has 0 spiro atoms. The molecule has 19 heavy (non-hydrogen) atoms. The van der Waals surface area contributed by atoms with E-state index < -0.39 is 17.5 Å². The lowest BCUT2D eigenvalue weighted by Gasteiger charge is -2.11. The molecule has 7 heteroatoms. The fourth-order valence-electron chi connectivity index (χ4n) is 1.69. The summed E-state index contributed by atoms with van der Waals surface area (Å²) >= 11 is 0.